The summed E-state index contributed by atoms with van der Waals surface area (Å²) in [6, 6.07) is 4.80. The van der Waals surface area contributed by atoms with Gasteiger partial charge in [-0.3, -0.25) is 19.2 Å². The number of nitrogens with two attached hydrogens (primary N) is 1. The highest BCUT2D eigenvalue weighted by Gasteiger charge is 2.22. The lowest BCUT2D eigenvalue weighted by atomic mass is 10.0. The highest BCUT2D eigenvalue weighted by Crippen LogP contribution is 2.18. The normalized spacial score (nSPS) is 13.9. The minimum Gasteiger partial charge on any atom is -0.480 e. The fourth-order valence-electron chi connectivity index (χ4n) is 2.69. The van der Waals surface area contributed by atoms with Crippen LogP contribution in [0.15, 0.2) is 30.5 Å². The summed E-state index contributed by atoms with van der Waals surface area (Å²) in [5.41, 5.74) is 7.81. The van der Waals surface area contributed by atoms with Crippen molar-refractivity contribution in [3.05, 3.63) is 36.0 Å². The second-order valence-electron chi connectivity index (χ2n) is 6.75. The van der Waals surface area contributed by atoms with E-state index in [0.29, 0.717) is 6.42 Å². The molecule has 10 nitrogen and oxygen atoms in total. The first-order valence-electron chi connectivity index (χ1n) is 9.10. The van der Waals surface area contributed by atoms with Crippen molar-refractivity contribution in [2.45, 2.75) is 38.4 Å². The third kappa shape index (κ3) is 6.04. The zero-order valence-electron chi connectivity index (χ0n) is 16.2. The summed E-state index contributed by atoms with van der Waals surface area (Å²) in [6.07, 6.45) is 2.09. The number of carbonyl (C=O) groups is 4. The molecule has 0 radical (unpaired) electrons. The Kier molecular flexibility index (Phi) is 7.32. The van der Waals surface area contributed by atoms with Gasteiger partial charge in [0.25, 0.3) is 0 Å². The van der Waals surface area contributed by atoms with Crippen LogP contribution in [0.4, 0.5) is 0 Å². The van der Waals surface area contributed by atoms with E-state index in [4.69, 9.17) is 10.8 Å². The molecule has 0 aliphatic heterocycles. The molecule has 3 amide bonds. The van der Waals surface area contributed by atoms with Crippen molar-refractivity contribution in [3.8, 4) is 0 Å². The highest BCUT2D eigenvalue weighted by molar-refractivity contribution is 5.92. The standard InChI is InChI=1S/C19H25N5O5/c1-10(17(26)22-9-16(25)23-11(2)19(28)29)24-18(27)14(20)7-12-8-21-15-6-4-3-5-13(12)15/h3-6,8,10-11,14,21H,7,9,20H2,1-2H3,(H,22,26)(H,23,25)(H,24,27)(H,28,29). The molecule has 3 unspecified atom stereocenters. The van der Waals surface area contributed by atoms with Crippen LogP contribution in [0.5, 0.6) is 0 Å². The van der Waals surface area contributed by atoms with Crippen LogP contribution >= 0.6 is 0 Å². The molecule has 0 saturated carbocycles. The molecule has 10 heteroatoms. The van der Waals surface area contributed by atoms with Gasteiger partial charge in [0.15, 0.2) is 0 Å². The van der Waals surface area contributed by atoms with Crippen LogP contribution in [0, 0.1) is 0 Å². The number of carboxylic acid groups (broad SMARTS) is 1. The fourth-order valence-corrected chi connectivity index (χ4v) is 2.69. The number of aliphatic carboxylic acids is 1. The molecule has 29 heavy (non-hydrogen) atoms. The van der Waals surface area contributed by atoms with Crippen LogP contribution in [-0.4, -0.2) is 58.5 Å². The summed E-state index contributed by atoms with van der Waals surface area (Å²) >= 11 is 0. The molecule has 7 N–H and O–H groups in total. The summed E-state index contributed by atoms with van der Waals surface area (Å²) in [6.45, 7) is 2.36. The van der Waals surface area contributed by atoms with Crippen LogP contribution < -0.4 is 21.7 Å². The lowest BCUT2D eigenvalue weighted by Crippen LogP contribution is -2.52. The van der Waals surface area contributed by atoms with Gasteiger partial charge >= 0.3 is 5.97 Å². The Hall–Kier alpha value is -3.40. The number of para-hydroxylation sites is 1. The number of H-pyrrole nitrogens is 1. The lowest BCUT2D eigenvalue weighted by Gasteiger charge is -2.17. The number of nitrogens with one attached hydrogen (secondary N) is 4. The monoisotopic (exact) mass is 403 g/mol. The Balaban J connectivity index is 1.82. The minimum atomic E-state index is -1.19. The Bertz CT molecular complexity index is 909. The summed E-state index contributed by atoms with van der Waals surface area (Å²) < 4.78 is 0. The van der Waals surface area contributed by atoms with Gasteiger partial charge in [0.1, 0.15) is 12.1 Å². The predicted molar refractivity (Wildman–Crippen MR) is 106 cm³/mol. The molecule has 0 spiro atoms. The molecule has 1 aromatic heterocycles. The van der Waals surface area contributed by atoms with Gasteiger partial charge in [-0.05, 0) is 31.9 Å². The number of hydrogen-bond acceptors (Lipinski definition) is 5. The molecule has 2 aromatic rings. The molecule has 0 bridgehead atoms. The van der Waals surface area contributed by atoms with Gasteiger partial charge in [0.05, 0.1) is 12.6 Å². The third-order valence-corrected chi connectivity index (χ3v) is 4.37. The van der Waals surface area contributed by atoms with E-state index < -0.39 is 48.4 Å². The molecular weight excluding hydrogens is 378 g/mol. The molecular formula is C19H25N5O5. The van der Waals surface area contributed by atoms with Crippen molar-refractivity contribution in [1.82, 2.24) is 20.9 Å². The number of hydrogen-bond donors (Lipinski definition) is 6. The largest absolute Gasteiger partial charge is 0.480 e. The molecule has 156 valence electrons. The molecule has 1 heterocycles. The first-order valence-corrected chi connectivity index (χ1v) is 9.10. The molecule has 0 aliphatic rings. The molecule has 0 saturated heterocycles. The number of aromatic amines is 1. The van der Waals surface area contributed by atoms with Gasteiger partial charge in [0, 0.05) is 17.1 Å². The molecule has 0 aliphatic carbocycles. The van der Waals surface area contributed by atoms with Gasteiger partial charge < -0.3 is 31.8 Å². The average Bonchev–Trinajstić information content (AvgIpc) is 3.08. The smallest absolute Gasteiger partial charge is 0.325 e. The van der Waals surface area contributed by atoms with Crippen molar-refractivity contribution in [3.63, 3.8) is 0 Å². The first-order chi connectivity index (χ1) is 13.7. The van der Waals surface area contributed by atoms with Crippen LogP contribution in [-0.2, 0) is 25.6 Å². The zero-order chi connectivity index (χ0) is 21.6. The molecule has 0 fully saturated rings. The second-order valence-corrected chi connectivity index (χ2v) is 6.75. The Morgan fingerprint density at radius 1 is 1.07 bits per heavy atom. The Morgan fingerprint density at radius 2 is 1.76 bits per heavy atom. The van der Waals surface area contributed by atoms with E-state index in [2.05, 4.69) is 20.9 Å². The predicted octanol–water partition coefficient (Wildman–Crippen LogP) is -0.752. The van der Waals surface area contributed by atoms with Gasteiger partial charge in [-0.1, -0.05) is 18.2 Å². The fraction of sp³-hybridized carbons (Fsp3) is 0.368. The first kappa shape index (κ1) is 21.9. The van der Waals surface area contributed by atoms with Gasteiger partial charge in [-0.2, -0.15) is 0 Å². The van der Waals surface area contributed by atoms with Crippen molar-refractivity contribution in [2.75, 3.05) is 6.54 Å². The highest BCUT2D eigenvalue weighted by atomic mass is 16.4. The topological polar surface area (TPSA) is 166 Å². The zero-order valence-corrected chi connectivity index (χ0v) is 16.2. The van der Waals surface area contributed by atoms with Crippen LogP contribution in [0.1, 0.15) is 19.4 Å². The third-order valence-electron chi connectivity index (χ3n) is 4.37. The lowest BCUT2D eigenvalue weighted by molar-refractivity contribution is -0.141. The number of aromatic nitrogens is 1. The van der Waals surface area contributed by atoms with Gasteiger partial charge in [0.2, 0.25) is 17.7 Å². The van der Waals surface area contributed by atoms with E-state index in [-0.39, 0.29) is 0 Å². The van der Waals surface area contributed by atoms with Crippen molar-refractivity contribution < 1.29 is 24.3 Å². The molecule has 1 aromatic carbocycles. The van der Waals surface area contributed by atoms with Crippen molar-refractivity contribution in [1.29, 1.82) is 0 Å². The maximum Gasteiger partial charge on any atom is 0.325 e. The summed E-state index contributed by atoms with van der Waals surface area (Å²) in [5, 5.41) is 16.8. The summed E-state index contributed by atoms with van der Waals surface area (Å²) in [7, 11) is 0. The van der Waals surface area contributed by atoms with Crippen LogP contribution in [0.25, 0.3) is 10.9 Å². The van der Waals surface area contributed by atoms with E-state index in [1.54, 1.807) is 6.20 Å². The SMILES string of the molecule is CC(NC(=O)CNC(=O)C(C)NC(=O)C(N)Cc1c[nH]c2ccccc12)C(=O)O. The summed E-state index contributed by atoms with van der Waals surface area (Å²) in [5.74, 6) is -2.92. The Labute approximate surface area is 167 Å². The summed E-state index contributed by atoms with van der Waals surface area (Å²) in [4.78, 5) is 49.8. The van der Waals surface area contributed by atoms with E-state index in [0.717, 1.165) is 16.5 Å². The maximum atomic E-state index is 12.3. The van der Waals surface area contributed by atoms with E-state index in [9.17, 15) is 19.2 Å². The van der Waals surface area contributed by atoms with E-state index in [1.165, 1.54) is 13.8 Å². The second kappa shape index (κ2) is 9.69. The van der Waals surface area contributed by atoms with E-state index >= 15 is 0 Å². The number of rotatable bonds is 9. The average molecular weight is 403 g/mol. The van der Waals surface area contributed by atoms with E-state index in [1.807, 2.05) is 24.3 Å². The maximum absolute atomic E-state index is 12.3. The quantitative estimate of drug-likeness (QED) is 0.322. The number of fused-ring (bicyclic) bond motifs is 1. The van der Waals surface area contributed by atoms with Crippen LogP contribution in [0.3, 0.4) is 0 Å². The van der Waals surface area contributed by atoms with Crippen LogP contribution in [0.2, 0.25) is 0 Å². The van der Waals surface area contributed by atoms with Gasteiger partial charge in [-0.25, -0.2) is 0 Å². The minimum absolute atomic E-state index is 0.291. The number of carboxylic acids is 1. The van der Waals surface area contributed by atoms with Crippen molar-refractivity contribution in [2.24, 2.45) is 5.73 Å². The number of carbonyl (C=O) groups excluding carboxylic acids is 3. The Morgan fingerprint density at radius 3 is 2.45 bits per heavy atom. The molecule has 2 rings (SSSR count). The van der Waals surface area contributed by atoms with Gasteiger partial charge in [-0.15, -0.1) is 0 Å². The van der Waals surface area contributed by atoms with Crippen molar-refractivity contribution >= 4 is 34.6 Å². The molecule has 3 atom stereocenters. The number of amides is 3. The number of benzene rings is 1.